The average Bonchev–Trinajstić information content (AvgIpc) is 2.67. The Labute approximate surface area is 155 Å². The van der Waals surface area contributed by atoms with Gasteiger partial charge >= 0.3 is 0 Å². The van der Waals surface area contributed by atoms with Crippen molar-refractivity contribution in [3.8, 4) is 0 Å². The number of benzene rings is 2. The second kappa shape index (κ2) is 9.15. The van der Waals surface area contributed by atoms with E-state index in [-0.39, 0.29) is 11.8 Å². The first-order chi connectivity index (χ1) is 12.5. The van der Waals surface area contributed by atoms with Crippen molar-refractivity contribution < 1.29 is 9.59 Å². The maximum absolute atomic E-state index is 12.3. The van der Waals surface area contributed by atoms with E-state index >= 15 is 0 Å². The van der Waals surface area contributed by atoms with Gasteiger partial charge in [0.1, 0.15) is 6.04 Å². The normalized spacial score (nSPS) is 11.7. The standard InChI is InChI=1S/C21H27N3O2/c1-4-24(5-2)21(26)18-12-8-16(9-13-18)14-23-20(25)19(22)17-10-6-15(3)7-11-17/h6-13,19H,4-5,14,22H2,1-3H3,(H,23,25). The molecule has 0 aromatic heterocycles. The molecule has 2 amide bonds. The van der Waals surface area contributed by atoms with Crippen LogP contribution in [0.2, 0.25) is 0 Å². The first kappa shape index (κ1) is 19.7. The number of nitrogens with zero attached hydrogens (tertiary/aromatic N) is 1. The fourth-order valence-corrected chi connectivity index (χ4v) is 2.68. The Hall–Kier alpha value is -2.66. The molecule has 2 rings (SSSR count). The van der Waals surface area contributed by atoms with Crippen LogP contribution >= 0.6 is 0 Å². The first-order valence-electron chi connectivity index (χ1n) is 8.94. The van der Waals surface area contributed by atoms with Crippen molar-refractivity contribution in [2.75, 3.05) is 13.1 Å². The van der Waals surface area contributed by atoms with E-state index in [0.29, 0.717) is 25.2 Å². The van der Waals surface area contributed by atoms with Gasteiger partial charge in [0.25, 0.3) is 5.91 Å². The largest absolute Gasteiger partial charge is 0.350 e. The van der Waals surface area contributed by atoms with Crippen molar-refractivity contribution in [1.82, 2.24) is 10.2 Å². The van der Waals surface area contributed by atoms with E-state index in [4.69, 9.17) is 5.73 Å². The van der Waals surface area contributed by atoms with Gasteiger partial charge in [-0.2, -0.15) is 0 Å². The quantitative estimate of drug-likeness (QED) is 0.804. The predicted molar refractivity (Wildman–Crippen MR) is 104 cm³/mol. The Morgan fingerprint density at radius 1 is 1.00 bits per heavy atom. The molecule has 0 saturated carbocycles. The molecule has 1 atom stereocenters. The molecule has 3 N–H and O–H groups in total. The molecule has 5 nitrogen and oxygen atoms in total. The lowest BCUT2D eigenvalue weighted by Gasteiger charge is -2.18. The summed E-state index contributed by atoms with van der Waals surface area (Å²) in [7, 11) is 0. The van der Waals surface area contributed by atoms with Gasteiger partial charge in [0.05, 0.1) is 0 Å². The SMILES string of the molecule is CCN(CC)C(=O)c1ccc(CNC(=O)C(N)c2ccc(C)cc2)cc1. The molecule has 2 aromatic carbocycles. The summed E-state index contributed by atoms with van der Waals surface area (Å²) in [5.41, 5.74) is 9.50. The Bertz CT molecular complexity index is 735. The van der Waals surface area contributed by atoms with E-state index in [2.05, 4.69) is 5.32 Å². The number of hydrogen-bond donors (Lipinski definition) is 2. The Morgan fingerprint density at radius 3 is 2.12 bits per heavy atom. The Morgan fingerprint density at radius 2 is 1.58 bits per heavy atom. The second-order valence-electron chi connectivity index (χ2n) is 6.28. The minimum Gasteiger partial charge on any atom is -0.350 e. The zero-order valence-corrected chi connectivity index (χ0v) is 15.7. The summed E-state index contributed by atoms with van der Waals surface area (Å²) >= 11 is 0. The van der Waals surface area contributed by atoms with Gasteiger partial charge in [0.15, 0.2) is 0 Å². The summed E-state index contributed by atoms with van der Waals surface area (Å²) in [6, 6.07) is 14.2. The van der Waals surface area contributed by atoms with Crippen LogP contribution in [0.4, 0.5) is 0 Å². The van der Waals surface area contributed by atoms with E-state index in [1.54, 1.807) is 17.0 Å². The highest BCUT2D eigenvalue weighted by atomic mass is 16.2. The lowest BCUT2D eigenvalue weighted by Crippen LogP contribution is -2.33. The van der Waals surface area contributed by atoms with Gasteiger partial charge in [-0.15, -0.1) is 0 Å². The van der Waals surface area contributed by atoms with Gasteiger partial charge in [0, 0.05) is 25.2 Å². The van der Waals surface area contributed by atoms with Crippen molar-refractivity contribution in [3.63, 3.8) is 0 Å². The van der Waals surface area contributed by atoms with Crippen LogP contribution in [-0.2, 0) is 11.3 Å². The summed E-state index contributed by atoms with van der Waals surface area (Å²) < 4.78 is 0. The number of nitrogens with one attached hydrogen (secondary N) is 1. The number of amides is 2. The van der Waals surface area contributed by atoms with E-state index in [9.17, 15) is 9.59 Å². The summed E-state index contributed by atoms with van der Waals surface area (Å²) in [6.45, 7) is 7.65. The third-order valence-electron chi connectivity index (χ3n) is 4.44. The molecule has 0 spiro atoms. The number of rotatable bonds is 7. The zero-order chi connectivity index (χ0) is 19.1. The van der Waals surface area contributed by atoms with Crippen LogP contribution in [0.15, 0.2) is 48.5 Å². The van der Waals surface area contributed by atoms with Gasteiger partial charge in [-0.3, -0.25) is 9.59 Å². The number of carbonyl (C=O) groups excluding carboxylic acids is 2. The summed E-state index contributed by atoms with van der Waals surface area (Å²) in [6.07, 6.45) is 0. The predicted octanol–water partition coefficient (Wildman–Crippen LogP) is 2.79. The van der Waals surface area contributed by atoms with Gasteiger partial charge in [-0.25, -0.2) is 0 Å². The number of nitrogens with two attached hydrogens (primary N) is 1. The van der Waals surface area contributed by atoms with Gasteiger partial charge < -0.3 is 16.0 Å². The molecule has 5 heteroatoms. The third-order valence-corrected chi connectivity index (χ3v) is 4.44. The molecule has 0 fully saturated rings. The lowest BCUT2D eigenvalue weighted by atomic mass is 10.1. The highest BCUT2D eigenvalue weighted by Crippen LogP contribution is 2.12. The fraction of sp³-hybridized carbons (Fsp3) is 0.333. The topological polar surface area (TPSA) is 75.4 Å². The molecular formula is C21H27N3O2. The van der Waals surface area contributed by atoms with Crippen LogP contribution in [0.5, 0.6) is 0 Å². The van der Waals surface area contributed by atoms with Crippen molar-refractivity contribution in [2.45, 2.75) is 33.4 Å². The summed E-state index contributed by atoms with van der Waals surface area (Å²) in [5.74, 6) is -0.205. The average molecular weight is 353 g/mol. The molecule has 0 bridgehead atoms. The van der Waals surface area contributed by atoms with Crippen LogP contribution in [0.3, 0.4) is 0 Å². The van der Waals surface area contributed by atoms with Crippen molar-refractivity contribution in [2.24, 2.45) is 5.73 Å². The molecule has 138 valence electrons. The first-order valence-corrected chi connectivity index (χ1v) is 8.94. The zero-order valence-electron chi connectivity index (χ0n) is 15.7. The smallest absolute Gasteiger partial charge is 0.253 e. The molecule has 26 heavy (non-hydrogen) atoms. The van der Waals surface area contributed by atoms with Crippen LogP contribution in [0, 0.1) is 6.92 Å². The fourth-order valence-electron chi connectivity index (χ4n) is 2.68. The lowest BCUT2D eigenvalue weighted by molar-refractivity contribution is -0.122. The summed E-state index contributed by atoms with van der Waals surface area (Å²) in [4.78, 5) is 26.3. The van der Waals surface area contributed by atoms with Gasteiger partial charge in [0.2, 0.25) is 5.91 Å². The van der Waals surface area contributed by atoms with Gasteiger partial charge in [-0.05, 0) is 44.0 Å². The highest BCUT2D eigenvalue weighted by molar-refractivity contribution is 5.94. The molecule has 0 aliphatic carbocycles. The Kier molecular flexibility index (Phi) is 6.92. The van der Waals surface area contributed by atoms with Crippen LogP contribution < -0.4 is 11.1 Å². The molecule has 0 aliphatic heterocycles. The molecule has 0 heterocycles. The Balaban J connectivity index is 1.93. The second-order valence-corrected chi connectivity index (χ2v) is 6.28. The molecule has 0 radical (unpaired) electrons. The summed E-state index contributed by atoms with van der Waals surface area (Å²) in [5, 5.41) is 2.85. The van der Waals surface area contributed by atoms with Gasteiger partial charge in [-0.1, -0.05) is 42.0 Å². The molecule has 1 unspecified atom stereocenters. The number of hydrogen-bond acceptors (Lipinski definition) is 3. The minimum absolute atomic E-state index is 0.0204. The van der Waals surface area contributed by atoms with Crippen molar-refractivity contribution >= 4 is 11.8 Å². The molecule has 0 aliphatic rings. The number of aryl methyl sites for hydroxylation is 1. The monoisotopic (exact) mass is 353 g/mol. The van der Waals surface area contributed by atoms with Crippen LogP contribution in [-0.4, -0.2) is 29.8 Å². The van der Waals surface area contributed by atoms with E-state index < -0.39 is 6.04 Å². The molecular weight excluding hydrogens is 326 g/mol. The molecule has 0 saturated heterocycles. The van der Waals surface area contributed by atoms with Crippen LogP contribution in [0.25, 0.3) is 0 Å². The van der Waals surface area contributed by atoms with Crippen molar-refractivity contribution in [3.05, 3.63) is 70.8 Å². The maximum Gasteiger partial charge on any atom is 0.253 e. The van der Waals surface area contributed by atoms with Crippen LogP contribution in [0.1, 0.15) is 46.9 Å². The van der Waals surface area contributed by atoms with E-state index in [1.165, 1.54) is 0 Å². The molecule has 2 aromatic rings. The third kappa shape index (κ3) is 4.92. The van der Waals surface area contributed by atoms with E-state index in [0.717, 1.165) is 16.7 Å². The van der Waals surface area contributed by atoms with E-state index in [1.807, 2.05) is 57.2 Å². The maximum atomic E-state index is 12.3. The number of carbonyl (C=O) groups is 2. The minimum atomic E-state index is -0.695. The highest BCUT2D eigenvalue weighted by Gasteiger charge is 2.15. The van der Waals surface area contributed by atoms with Crippen molar-refractivity contribution in [1.29, 1.82) is 0 Å².